The van der Waals surface area contributed by atoms with E-state index >= 15 is 0 Å². The largest absolute Gasteiger partial charge is 0.383 e. The van der Waals surface area contributed by atoms with Crippen LogP contribution < -0.4 is 10.9 Å². The summed E-state index contributed by atoms with van der Waals surface area (Å²) in [5.41, 5.74) is 0.545. The van der Waals surface area contributed by atoms with Crippen molar-refractivity contribution in [1.82, 2.24) is 14.9 Å². The molecule has 0 aliphatic heterocycles. The number of fused-ring (bicyclic) bond motifs is 1. The Balaban J connectivity index is 1.91. The number of amides is 1. The molecule has 2 aromatic rings. The van der Waals surface area contributed by atoms with Crippen molar-refractivity contribution in [3.05, 3.63) is 34.6 Å². The van der Waals surface area contributed by atoms with E-state index in [-0.39, 0.29) is 16.7 Å². The molecular weight excluding hydrogens is 326 g/mol. The van der Waals surface area contributed by atoms with E-state index in [1.165, 1.54) is 11.8 Å². The van der Waals surface area contributed by atoms with Crippen LogP contribution in [0.5, 0.6) is 0 Å². The zero-order chi connectivity index (χ0) is 17.1. The molecule has 1 amide bonds. The van der Waals surface area contributed by atoms with Gasteiger partial charge in [0.15, 0.2) is 5.16 Å². The summed E-state index contributed by atoms with van der Waals surface area (Å²) in [5, 5.41) is 3.80. The summed E-state index contributed by atoms with van der Waals surface area (Å²) in [5.74, 6) is -0.0109. The van der Waals surface area contributed by atoms with Gasteiger partial charge in [-0.05, 0) is 31.9 Å². The Hall–Kier alpha value is -1.86. The summed E-state index contributed by atoms with van der Waals surface area (Å²) in [6, 6.07) is 7.58. The van der Waals surface area contributed by atoms with E-state index in [0.717, 1.165) is 12.8 Å². The molecule has 0 saturated heterocycles. The van der Waals surface area contributed by atoms with E-state index in [2.05, 4.69) is 10.3 Å². The standard InChI is InChI=1S/C17H21N3O3S/c1-11(15(21)18-12-7-8-12)24-17-19-14-6-4-3-5-13(14)16(22)20(17)9-10-23-2/h3-6,11-12H,7-10H2,1-2H3,(H,18,21)/t11-/m0/s1. The molecule has 3 rings (SSSR count). The van der Waals surface area contributed by atoms with Gasteiger partial charge in [0.25, 0.3) is 5.56 Å². The predicted molar refractivity (Wildman–Crippen MR) is 94.4 cm³/mol. The minimum atomic E-state index is -0.313. The molecule has 1 atom stereocenters. The van der Waals surface area contributed by atoms with Crippen molar-refractivity contribution in [2.75, 3.05) is 13.7 Å². The van der Waals surface area contributed by atoms with Crippen LogP contribution in [0.1, 0.15) is 19.8 Å². The van der Waals surface area contributed by atoms with Gasteiger partial charge in [0, 0.05) is 13.2 Å². The van der Waals surface area contributed by atoms with Crippen molar-refractivity contribution in [2.45, 2.75) is 42.8 Å². The van der Waals surface area contributed by atoms with Crippen molar-refractivity contribution < 1.29 is 9.53 Å². The number of hydrogen-bond donors (Lipinski definition) is 1. The highest BCUT2D eigenvalue weighted by Crippen LogP contribution is 2.24. The van der Waals surface area contributed by atoms with Crippen LogP contribution in [-0.4, -0.2) is 40.5 Å². The Bertz CT molecular complexity index is 801. The van der Waals surface area contributed by atoms with Gasteiger partial charge >= 0.3 is 0 Å². The van der Waals surface area contributed by atoms with Crippen LogP contribution in [0, 0.1) is 0 Å². The number of nitrogens with zero attached hydrogens (tertiary/aromatic N) is 2. The SMILES string of the molecule is COCCn1c(S[C@@H](C)C(=O)NC2CC2)nc2ccccc2c1=O. The molecular formula is C17H21N3O3S. The highest BCUT2D eigenvalue weighted by atomic mass is 32.2. The first-order valence-electron chi connectivity index (χ1n) is 8.05. The Morgan fingerprint density at radius 2 is 2.21 bits per heavy atom. The summed E-state index contributed by atoms with van der Waals surface area (Å²) in [6.07, 6.45) is 2.10. The average Bonchev–Trinajstić information content (AvgIpc) is 3.38. The fourth-order valence-electron chi connectivity index (χ4n) is 2.38. The Labute approximate surface area is 144 Å². The highest BCUT2D eigenvalue weighted by Gasteiger charge is 2.27. The third-order valence-electron chi connectivity index (χ3n) is 3.92. The smallest absolute Gasteiger partial charge is 0.262 e. The van der Waals surface area contributed by atoms with E-state index in [1.54, 1.807) is 17.7 Å². The van der Waals surface area contributed by atoms with Gasteiger partial charge in [0.2, 0.25) is 5.91 Å². The van der Waals surface area contributed by atoms with Crippen molar-refractivity contribution in [3.63, 3.8) is 0 Å². The zero-order valence-electron chi connectivity index (χ0n) is 13.8. The van der Waals surface area contributed by atoms with Crippen molar-refractivity contribution in [1.29, 1.82) is 0 Å². The lowest BCUT2D eigenvalue weighted by Crippen LogP contribution is -2.33. The number of hydrogen-bond acceptors (Lipinski definition) is 5. The third kappa shape index (κ3) is 3.79. The lowest BCUT2D eigenvalue weighted by Gasteiger charge is -2.16. The van der Waals surface area contributed by atoms with Crippen molar-refractivity contribution in [2.24, 2.45) is 0 Å². The van der Waals surface area contributed by atoms with Gasteiger partial charge in [-0.2, -0.15) is 0 Å². The third-order valence-corrected chi connectivity index (χ3v) is 5.01. The zero-order valence-corrected chi connectivity index (χ0v) is 14.6. The second-order valence-electron chi connectivity index (χ2n) is 5.90. The molecule has 0 bridgehead atoms. The number of methoxy groups -OCH3 is 1. The Kier molecular flexibility index (Phi) is 5.20. The number of ether oxygens (including phenoxy) is 1. The van der Waals surface area contributed by atoms with Gasteiger partial charge in [0.05, 0.1) is 29.3 Å². The maximum absolute atomic E-state index is 12.7. The normalized spacial score (nSPS) is 15.4. The minimum Gasteiger partial charge on any atom is -0.383 e. The lowest BCUT2D eigenvalue weighted by molar-refractivity contribution is -0.120. The first-order valence-corrected chi connectivity index (χ1v) is 8.93. The number of thioether (sulfide) groups is 1. The van der Waals surface area contributed by atoms with E-state index < -0.39 is 0 Å². The molecule has 7 heteroatoms. The summed E-state index contributed by atoms with van der Waals surface area (Å²) in [4.78, 5) is 29.5. The molecule has 1 fully saturated rings. The molecule has 1 N–H and O–H groups in total. The van der Waals surface area contributed by atoms with E-state index in [1.807, 2.05) is 25.1 Å². The average molecular weight is 347 g/mol. The molecule has 1 aliphatic carbocycles. The second-order valence-corrected chi connectivity index (χ2v) is 7.21. The van der Waals surface area contributed by atoms with E-state index in [0.29, 0.717) is 35.3 Å². The van der Waals surface area contributed by atoms with Crippen LogP contribution in [0.2, 0.25) is 0 Å². The first-order chi connectivity index (χ1) is 11.6. The molecule has 1 aliphatic rings. The van der Waals surface area contributed by atoms with Gasteiger partial charge in [-0.1, -0.05) is 23.9 Å². The lowest BCUT2D eigenvalue weighted by atomic mass is 10.2. The van der Waals surface area contributed by atoms with Gasteiger partial charge in [-0.3, -0.25) is 14.2 Å². The summed E-state index contributed by atoms with van der Waals surface area (Å²) < 4.78 is 6.70. The van der Waals surface area contributed by atoms with Crippen molar-refractivity contribution in [3.8, 4) is 0 Å². The molecule has 128 valence electrons. The van der Waals surface area contributed by atoms with E-state index in [9.17, 15) is 9.59 Å². The van der Waals surface area contributed by atoms with Crippen molar-refractivity contribution >= 4 is 28.6 Å². The van der Waals surface area contributed by atoms with Gasteiger partial charge in [-0.25, -0.2) is 4.98 Å². The van der Waals surface area contributed by atoms with Gasteiger partial charge in [0.1, 0.15) is 0 Å². The molecule has 6 nitrogen and oxygen atoms in total. The van der Waals surface area contributed by atoms with Crippen LogP contribution in [0.15, 0.2) is 34.2 Å². The number of carbonyl (C=O) groups is 1. The molecule has 1 saturated carbocycles. The Morgan fingerprint density at radius 3 is 2.92 bits per heavy atom. The van der Waals surface area contributed by atoms with E-state index in [4.69, 9.17) is 4.74 Å². The molecule has 1 aromatic carbocycles. The molecule has 0 radical (unpaired) electrons. The number of carbonyl (C=O) groups excluding carboxylic acids is 1. The van der Waals surface area contributed by atoms with Crippen LogP contribution in [0.25, 0.3) is 10.9 Å². The topological polar surface area (TPSA) is 73.2 Å². The summed E-state index contributed by atoms with van der Waals surface area (Å²) >= 11 is 1.31. The molecule has 0 unspecified atom stereocenters. The highest BCUT2D eigenvalue weighted by molar-refractivity contribution is 8.00. The Morgan fingerprint density at radius 1 is 1.46 bits per heavy atom. The van der Waals surface area contributed by atoms with Crippen LogP contribution in [-0.2, 0) is 16.1 Å². The van der Waals surface area contributed by atoms with Gasteiger partial charge < -0.3 is 10.1 Å². The monoisotopic (exact) mass is 347 g/mol. The van der Waals surface area contributed by atoms with Gasteiger partial charge in [-0.15, -0.1) is 0 Å². The second kappa shape index (κ2) is 7.36. The minimum absolute atomic E-state index is 0.0109. The number of aromatic nitrogens is 2. The number of para-hydroxylation sites is 1. The summed E-state index contributed by atoms with van der Waals surface area (Å²) in [6.45, 7) is 2.66. The molecule has 1 heterocycles. The number of nitrogens with one attached hydrogen (secondary N) is 1. The van der Waals surface area contributed by atoms with Crippen LogP contribution in [0.4, 0.5) is 0 Å². The summed E-state index contributed by atoms with van der Waals surface area (Å²) in [7, 11) is 1.60. The first kappa shape index (κ1) is 17.0. The molecule has 1 aromatic heterocycles. The van der Waals surface area contributed by atoms with Crippen LogP contribution in [0.3, 0.4) is 0 Å². The fourth-order valence-corrected chi connectivity index (χ4v) is 3.32. The molecule has 24 heavy (non-hydrogen) atoms. The maximum atomic E-state index is 12.7. The molecule has 0 spiro atoms. The number of benzene rings is 1. The fraction of sp³-hybridized carbons (Fsp3) is 0.471. The maximum Gasteiger partial charge on any atom is 0.262 e. The quantitative estimate of drug-likeness (QED) is 0.611. The van der Waals surface area contributed by atoms with Crippen LogP contribution >= 0.6 is 11.8 Å². The predicted octanol–water partition coefficient (Wildman–Crippen LogP) is 1.80. The number of rotatable bonds is 7.